The molecule has 0 unspecified atom stereocenters. The lowest BCUT2D eigenvalue weighted by atomic mass is 10.1. The second-order valence-electron chi connectivity index (χ2n) is 4.31. The Balaban J connectivity index is 2.05. The van der Waals surface area contributed by atoms with Crippen molar-refractivity contribution in [1.29, 1.82) is 0 Å². The van der Waals surface area contributed by atoms with Crippen LogP contribution in [0.4, 0.5) is 0 Å². The zero-order valence-electron chi connectivity index (χ0n) is 10.6. The van der Waals surface area contributed by atoms with Gasteiger partial charge in [-0.3, -0.25) is 4.79 Å². The van der Waals surface area contributed by atoms with E-state index in [0.29, 0.717) is 5.56 Å². The van der Waals surface area contributed by atoms with Crippen LogP contribution in [0.1, 0.15) is 10.4 Å². The van der Waals surface area contributed by atoms with Crippen molar-refractivity contribution in [2.75, 3.05) is 0 Å². The molecule has 0 aliphatic carbocycles. The number of nitrogens with two attached hydrogens (primary N) is 1. The molecule has 0 saturated carbocycles. The van der Waals surface area contributed by atoms with Crippen molar-refractivity contribution in [2.24, 2.45) is 5.73 Å². The SMILES string of the molecule is NC(=O)c1ccccc1-c1nc(-c2ccccc2)cs1. The molecule has 1 amide bonds. The third-order valence-corrected chi connectivity index (χ3v) is 3.87. The predicted octanol–water partition coefficient (Wildman–Crippen LogP) is 3.58. The fourth-order valence-corrected chi connectivity index (χ4v) is 2.89. The van der Waals surface area contributed by atoms with Crippen LogP contribution < -0.4 is 5.73 Å². The summed E-state index contributed by atoms with van der Waals surface area (Å²) in [6.45, 7) is 0. The number of primary amides is 1. The van der Waals surface area contributed by atoms with Gasteiger partial charge in [-0.1, -0.05) is 48.5 Å². The first-order valence-corrected chi connectivity index (χ1v) is 7.04. The van der Waals surface area contributed by atoms with Crippen LogP contribution in [-0.4, -0.2) is 10.9 Å². The summed E-state index contributed by atoms with van der Waals surface area (Å²) >= 11 is 1.51. The van der Waals surface area contributed by atoms with Gasteiger partial charge >= 0.3 is 0 Å². The van der Waals surface area contributed by atoms with Crippen molar-refractivity contribution >= 4 is 17.2 Å². The van der Waals surface area contributed by atoms with Crippen molar-refractivity contribution in [3.63, 3.8) is 0 Å². The molecule has 3 rings (SSSR count). The van der Waals surface area contributed by atoms with E-state index in [1.807, 2.05) is 47.8 Å². The minimum atomic E-state index is -0.433. The molecule has 0 bridgehead atoms. The fourth-order valence-electron chi connectivity index (χ4n) is 2.02. The van der Waals surface area contributed by atoms with Crippen molar-refractivity contribution in [2.45, 2.75) is 0 Å². The second kappa shape index (κ2) is 5.27. The molecule has 0 aliphatic rings. The molecule has 0 spiro atoms. The molecule has 3 aromatic rings. The molecule has 1 heterocycles. The average Bonchev–Trinajstić information content (AvgIpc) is 2.98. The number of hydrogen-bond donors (Lipinski definition) is 1. The van der Waals surface area contributed by atoms with E-state index in [0.717, 1.165) is 21.8 Å². The smallest absolute Gasteiger partial charge is 0.249 e. The van der Waals surface area contributed by atoms with Crippen LogP contribution in [0.25, 0.3) is 21.8 Å². The van der Waals surface area contributed by atoms with Crippen molar-refractivity contribution < 1.29 is 4.79 Å². The molecule has 0 atom stereocenters. The summed E-state index contributed by atoms with van der Waals surface area (Å²) in [7, 11) is 0. The first kappa shape index (κ1) is 12.6. The lowest BCUT2D eigenvalue weighted by molar-refractivity contribution is 0.100. The summed E-state index contributed by atoms with van der Waals surface area (Å²) in [6, 6.07) is 17.2. The zero-order valence-corrected chi connectivity index (χ0v) is 11.4. The Morgan fingerprint density at radius 3 is 2.45 bits per heavy atom. The highest BCUT2D eigenvalue weighted by Gasteiger charge is 2.13. The Morgan fingerprint density at radius 2 is 1.70 bits per heavy atom. The van der Waals surface area contributed by atoms with Crippen molar-refractivity contribution in [1.82, 2.24) is 4.98 Å². The largest absolute Gasteiger partial charge is 0.366 e. The first-order chi connectivity index (χ1) is 9.75. The molecule has 0 radical (unpaired) electrons. The maximum Gasteiger partial charge on any atom is 0.249 e. The molecular formula is C16H12N2OS. The van der Waals surface area contributed by atoms with Gasteiger partial charge in [0.05, 0.1) is 5.69 Å². The number of benzene rings is 2. The molecular weight excluding hydrogens is 268 g/mol. The zero-order chi connectivity index (χ0) is 13.9. The van der Waals surface area contributed by atoms with E-state index in [2.05, 4.69) is 4.98 Å². The molecule has 98 valence electrons. The van der Waals surface area contributed by atoms with E-state index in [1.165, 1.54) is 11.3 Å². The van der Waals surface area contributed by atoms with E-state index in [1.54, 1.807) is 12.1 Å². The first-order valence-electron chi connectivity index (χ1n) is 6.16. The number of amides is 1. The molecule has 4 heteroatoms. The molecule has 0 fully saturated rings. The Kier molecular flexibility index (Phi) is 3.31. The van der Waals surface area contributed by atoms with Crippen LogP contribution in [0.2, 0.25) is 0 Å². The Labute approximate surface area is 120 Å². The molecule has 2 N–H and O–H groups in total. The van der Waals surface area contributed by atoms with Gasteiger partial charge in [-0.15, -0.1) is 11.3 Å². The van der Waals surface area contributed by atoms with Crippen molar-refractivity contribution in [3.8, 4) is 21.8 Å². The summed E-state index contributed by atoms with van der Waals surface area (Å²) in [5.41, 5.74) is 8.66. The summed E-state index contributed by atoms with van der Waals surface area (Å²) in [4.78, 5) is 16.1. The molecule has 3 nitrogen and oxygen atoms in total. The van der Waals surface area contributed by atoms with Crippen LogP contribution in [0, 0.1) is 0 Å². The Hall–Kier alpha value is -2.46. The number of aromatic nitrogens is 1. The molecule has 0 saturated heterocycles. The lowest BCUT2D eigenvalue weighted by Crippen LogP contribution is -2.12. The normalized spacial score (nSPS) is 10.4. The van der Waals surface area contributed by atoms with Gasteiger partial charge in [0.1, 0.15) is 5.01 Å². The van der Waals surface area contributed by atoms with Gasteiger partial charge in [0.15, 0.2) is 0 Å². The average molecular weight is 280 g/mol. The summed E-state index contributed by atoms with van der Waals surface area (Å²) < 4.78 is 0. The molecule has 0 aliphatic heterocycles. The predicted molar refractivity (Wildman–Crippen MR) is 81.5 cm³/mol. The minimum absolute atomic E-state index is 0.433. The number of carbonyl (C=O) groups is 1. The maximum atomic E-state index is 11.5. The third-order valence-electron chi connectivity index (χ3n) is 3.00. The van der Waals surface area contributed by atoms with E-state index in [-0.39, 0.29) is 0 Å². The van der Waals surface area contributed by atoms with Gasteiger partial charge in [-0.05, 0) is 6.07 Å². The summed E-state index contributed by atoms with van der Waals surface area (Å²) in [5, 5.41) is 2.79. The van der Waals surface area contributed by atoms with Crippen LogP contribution in [0.15, 0.2) is 60.0 Å². The lowest BCUT2D eigenvalue weighted by Gasteiger charge is -2.02. The summed E-state index contributed by atoms with van der Waals surface area (Å²) in [6.07, 6.45) is 0. The quantitative estimate of drug-likeness (QED) is 0.797. The molecule has 2 aromatic carbocycles. The van der Waals surface area contributed by atoms with Gasteiger partial charge in [-0.2, -0.15) is 0 Å². The van der Waals surface area contributed by atoms with Gasteiger partial charge in [0, 0.05) is 22.1 Å². The van der Waals surface area contributed by atoms with Gasteiger partial charge < -0.3 is 5.73 Å². The number of thiazole rings is 1. The van der Waals surface area contributed by atoms with Gasteiger partial charge in [0.25, 0.3) is 0 Å². The Morgan fingerprint density at radius 1 is 1.00 bits per heavy atom. The van der Waals surface area contributed by atoms with Crippen molar-refractivity contribution in [3.05, 3.63) is 65.5 Å². The molecule has 20 heavy (non-hydrogen) atoms. The van der Waals surface area contributed by atoms with Crippen LogP contribution >= 0.6 is 11.3 Å². The van der Waals surface area contributed by atoms with Gasteiger partial charge in [-0.25, -0.2) is 4.98 Å². The monoisotopic (exact) mass is 280 g/mol. The number of carbonyl (C=O) groups excluding carboxylic acids is 1. The number of rotatable bonds is 3. The van der Waals surface area contributed by atoms with Crippen LogP contribution in [0.5, 0.6) is 0 Å². The summed E-state index contributed by atoms with van der Waals surface area (Å²) in [5.74, 6) is -0.433. The minimum Gasteiger partial charge on any atom is -0.366 e. The number of hydrogen-bond acceptors (Lipinski definition) is 3. The highest BCUT2D eigenvalue weighted by atomic mass is 32.1. The van der Waals surface area contributed by atoms with Crippen LogP contribution in [0.3, 0.4) is 0 Å². The maximum absolute atomic E-state index is 11.5. The molecule has 1 aromatic heterocycles. The van der Waals surface area contributed by atoms with E-state index >= 15 is 0 Å². The van der Waals surface area contributed by atoms with Gasteiger partial charge in [0.2, 0.25) is 5.91 Å². The topological polar surface area (TPSA) is 56.0 Å². The third kappa shape index (κ3) is 2.33. The second-order valence-corrected chi connectivity index (χ2v) is 5.17. The standard InChI is InChI=1S/C16H12N2OS/c17-15(19)12-8-4-5-9-13(12)16-18-14(10-20-16)11-6-2-1-3-7-11/h1-10H,(H2,17,19). The highest BCUT2D eigenvalue weighted by molar-refractivity contribution is 7.13. The van der Waals surface area contributed by atoms with E-state index in [9.17, 15) is 4.79 Å². The fraction of sp³-hybridized carbons (Fsp3) is 0. The van der Waals surface area contributed by atoms with E-state index in [4.69, 9.17) is 5.73 Å². The van der Waals surface area contributed by atoms with Crippen LogP contribution in [-0.2, 0) is 0 Å². The highest BCUT2D eigenvalue weighted by Crippen LogP contribution is 2.30. The Bertz CT molecular complexity index is 750. The van der Waals surface area contributed by atoms with E-state index < -0.39 is 5.91 Å². The number of nitrogens with zero attached hydrogens (tertiary/aromatic N) is 1.